The van der Waals surface area contributed by atoms with E-state index in [4.69, 9.17) is 11.6 Å². The van der Waals surface area contributed by atoms with E-state index in [0.29, 0.717) is 15.1 Å². The highest BCUT2D eigenvalue weighted by Gasteiger charge is 2.01. The molecule has 0 atom stereocenters. The summed E-state index contributed by atoms with van der Waals surface area (Å²) < 4.78 is 0.704. The van der Waals surface area contributed by atoms with Gasteiger partial charge >= 0.3 is 0 Å². The molecule has 0 fully saturated rings. The van der Waals surface area contributed by atoms with E-state index in [2.05, 4.69) is 4.98 Å². The lowest BCUT2D eigenvalue weighted by molar-refractivity contribution is -0.603. The molecular formula is C8H5ClN2O. The van der Waals surface area contributed by atoms with Crippen LogP contribution in [0.5, 0.6) is 0 Å². The average molecular weight is 181 g/mol. The summed E-state index contributed by atoms with van der Waals surface area (Å²) in [6, 6.07) is 3.29. The molecular weight excluding hydrogens is 176 g/mol. The van der Waals surface area contributed by atoms with E-state index in [-0.39, 0.29) is 0 Å². The van der Waals surface area contributed by atoms with Crippen molar-refractivity contribution < 1.29 is 4.73 Å². The highest BCUT2D eigenvalue weighted by atomic mass is 35.5. The summed E-state index contributed by atoms with van der Waals surface area (Å²) in [6.45, 7) is 0. The Morgan fingerprint density at radius 1 is 1.42 bits per heavy atom. The summed E-state index contributed by atoms with van der Waals surface area (Å²) in [5.74, 6) is 0. The number of pyridine rings is 2. The molecule has 2 heterocycles. The minimum Gasteiger partial charge on any atom is -0.619 e. The zero-order chi connectivity index (χ0) is 8.55. The van der Waals surface area contributed by atoms with Gasteiger partial charge in [0.15, 0.2) is 12.4 Å². The first kappa shape index (κ1) is 7.31. The second-order valence-corrected chi connectivity index (χ2v) is 2.80. The van der Waals surface area contributed by atoms with Crippen LogP contribution in [0.25, 0.3) is 10.9 Å². The Morgan fingerprint density at radius 2 is 2.25 bits per heavy atom. The summed E-state index contributed by atoms with van der Waals surface area (Å²) in [7, 11) is 0. The lowest BCUT2D eigenvalue weighted by Gasteiger charge is -1.98. The molecule has 12 heavy (non-hydrogen) atoms. The van der Waals surface area contributed by atoms with Crippen LogP contribution >= 0.6 is 11.6 Å². The number of aromatic nitrogens is 2. The van der Waals surface area contributed by atoms with Gasteiger partial charge in [0.05, 0.1) is 15.9 Å². The number of nitrogens with zero attached hydrogens (tertiary/aromatic N) is 2. The van der Waals surface area contributed by atoms with Crippen LogP contribution in [-0.2, 0) is 0 Å². The molecule has 0 saturated heterocycles. The van der Waals surface area contributed by atoms with Gasteiger partial charge in [-0.25, -0.2) is 0 Å². The smallest absolute Gasteiger partial charge is 0.191 e. The quantitative estimate of drug-likeness (QED) is 0.456. The summed E-state index contributed by atoms with van der Waals surface area (Å²) in [5.41, 5.74) is 0.731. The molecule has 0 aliphatic heterocycles. The molecule has 0 N–H and O–H groups in total. The molecule has 0 radical (unpaired) electrons. The van der Waals surface area contributed by atoms with Gasteiger partial charge in [-0.2, -0.15) is 4.73 Å². The van der Waals surface area contributed by atoms with Gasteiger partial charge in [0, 0.05) is 12.3 Å². The van der Waals surface area contributed by atoms with Crippen LogP contribution in [0.15, 0.2) is 30.7 Å². The van der Waals surface area contributed by atoms with E-state index < -0.39 is 0 Å². The van der Waals surface area contributed by atoms with Crippen molar-refractivity contribution in [3.63, 3.8) is 0 Å². The first-order chi connectivity index (χ1) is 5.77. The fourth-order valence-corrected chi connectivity index (χ4v) is 1.24. The number of halogens is 1. The topological polar surface area (TPSA) is 39.8 Å². The Kier molecular flexibility index (Phi) is 1.59. The first-order valence-electron chi connectivity index (χ1n) is 3.40. The van der Waals surface area contributed by atoms with Gasteiger partial charge in [-0.05, 0) is 6.07 Å². The fraction of sp³-hybridized carbons (Fsp3) is 0. The van der Waals surface area contributed by atoms with Crippen molar-refractivity contribution in [2.75, 3.05) is 0 Å². The van der Waals surface area contributed by atoms with Gasteiger partial charge < -0.3 is 5.21 Å². The molecule has 3 nitrogen and oxygen atoms in total. The van der Waals surface area contributed by atoms with Crippen molar-refractivity contribution in [1.29, 1.82) is 0 Å². The lowest BCUT2D eigenvalue weighted by Crippen LogP contribution is -2.23. The van der Waals surface area contributed by atoms with Crippen LogP contribution in [0.4, 0.5) is 0 Å². The van der Waals surface area contributed by atoms with E-state index in [1.54, 1.807) is 18.3 Å². The van der Waals surface area contributed by atoms with E-state index in [0.717, 1.165) is 5.52 Å². The second-order valence-electron chi connectivity index (χ2n) is 2.40. The number of hydrogen-bond acceptors (Lipinski definition) is 2. The summed E-state index contributed by atoms with van der Waals surface area (Å²) >= 11 is 5.84. The van der Waals surface area contributed by atoms with Gasteiger partial charge in [0.1, 0.15) is 0 Å². The molecule has 0 aliphatic carbocycles. The third-order valence-electron chi connectivity index (χ3n) is 1.60. The molecule has 60 valence electrons. The van der Waals surface area contributed by atoms with Crippen LogP contribution in [0.3, 0.4) is 0 Å². The maximum atomic E-state index is 10.9. The van der Waals surface area contributed by atoms with Gasteiger partial charge in [-0.15, -0.1) is 0 Å². The largest absolute Gasteiger partial charge is 0.619 e. The zero-order valence-corrected chi connectivity index (χ0v) is 6.82. The van der Waals surface area contributed by atoms with Crippen molar-refractivity contribution in [2.24, 2.45) is 0 Å². The Bertz CT molecular complexity index is 430. The molecule has 2 aromatic heterocycles. The SMILES string of the molecule is [O-][n+]1ccc2nccc(Cl)c2c1. The monoisotopic (exact) mass is 180 g/mol. The van der Waals surface area contributed by atoms with Crippen LogP contribution in [0.2, 0.25) is 5.02 Å². The molecule has 0 saturated carbocycles. The lowest BCUT2D eigenvalue weighted by atomic mass is 10.3. The van der Waals surface area contributed by atoms with Gasteiger partial charge in [0.25, 0.3) is 0 Å². The predicted molar refractivity (Wildman–Crippen MR) is 45.7 cm³/mol. The maximum absolute atomic E-state index is 10.9. The molecule has 0 bridgehead atoms. The van der Waals surface area contributed by atoms with Crippen molar-refractivity contribution in [1.82, 2.24) is 4.98 Å². The highest BCUT2D eigenvalue weighted by Crippen LogP contribution is 2.18. The maximum Gasteiger partial charge on any atom is 0.191 e. The van der Waals surface area contributed by atoms with Crippen molar-refractivity contribution in [2.45, 2.75) is 0 Å². The minimum absolute atomic E-state index is 0.546. The standard InChI is InChI=1S/C8H5ClN2O/c9-7-1-3-10-8-2-4-11(12)5-6(7)8/h1-5H. The second kappa shape index (κ2) is 2.60. The predicted octanol–water partition coefficient (Wildman–Crippen LogP) is 1.52. The number of rotatable bonds is 0. The van der Waals surface area contributed by atoms with Crippen molar-refractivity contribution >= 4 is 22.5 Å². The summed E-state index contributed by atoms with van der Waals surface area (Å²) in [4.78, 5) is 4.05. The molecule has 0 unspecified atom stereocenters. The van der Waals surface area contributed by atoms with Crippen molar-refractivity contribution in [3.8, 4) is 0 Å². The third kappa shape index (κ3) is 1.08. The molecule has 2 aromatic rings. The van der Waals surface area contributed by atoms with Gasteiger partial charge in [0.2, 0.25) is 0 Å². The van der Waals surface area contributed by atoms with Crippen LogP contribution < -0.4 is 4.73 Å². The Balaban J connectivity index is 2.88. The van der Waals surface area contributed by atoms with Crippen LogP contribution in [0, 0.1) is 5.21 Å². The molecule has 4 heteroatoms. The molecule has 0 aliphatic rings. The van der Waals surface area contributed by atoms with Crippen LogP contribution in [0.1, 0.15) is 0 Å². The summed E-state index contributed by atoms with van der Waals surface area (Å²) in [6.07, 6.45) is 4.41. The van der Waals surface area contributed by atoms with Crippen molar-refractivity contribution in [3.05, 3.63) is 41.0 Å². The number of fused-ring (bicyclic) bond motifs is 1. The first-order valence-corrected chi connectivity index (χ1v) is 3.78. The fourth-order valence-electron chi connectivity index (χ4n) is 1.04. The Morgan fingerprint density at radius 3 is 3.08 bits per heavy atom. The zero-order valence-electron chi connectivity index (χ0n) is 6.07. The molecule has 0 amide bonds. The van der Waals surface area contributed by atoms with E-state index in [1.165, 1.54) is 12.4 Å². The van der Waals surface area contributed by atoms with E-state index in [1.807, 2.05) is 0 Å². The van der Waals surface area contributed by atoms with E-state index in [9.17, 15) is 5.21 Å². The molecule has 0 aromatic carbocycles. The van der Waals surface area contributed by atoms with Gasteiger partial charge in [-0.1, -0.05) is 11.6 Å². The normalized spacial score (nSPS) is 10.4. The average Bonchev–Trinajstić information content (AvgIpc) is 2.07. The third-order valence-corrected chi connectivity index (χ3v) is 1.93. The van der Waals surface area contributed by atoms with Crippen LogP contribution in [-0.4, -0.2) is 4.98 Å². The highest BCUT2D eigenvalue weighted by molar-refractivity contribution is 6.35. The number of hydrogen-bond donors (Lipinski definition) is 0. The Hall–Kier alpha value is -1.35. The summed E-state index contributed by atoms with van der Waals surface area (Å²) in [5, 5.41) is 12.1. The minimum atomic E-state index is 0.546. The molecule has 2 rings (SSSR count). The van der Waals surface area contributed by atoms with Gasteiger partial charge in [-0.3, -0.25) is 4.98 Å². The molecule has 0 spiro atoms. The van der Waals surface area contributed by atoms with E-state index >= 15 is 0 Å². The Labute approximate surface area is 73.8 Å².